The third kappa shape index (κ3) is 6.41. The maximum atomic E-state index is 13.8. The minimum Gasteiger partial charge on any atom is -0.465 e. The van der Waals surface area contributed by atoms with E-state index in [1.54, 1.807) is 19.9 Å². The Morgan fingerprint density at radius 1 is 1.14 bits per heavy atom. The van der Waals surface area contributed by atoms with Gasteiger partial charge in [0, 0.05) is 5.38 Å². The lowest BCUT2D eigenvalue weighted by molar-refractivity contribution is -0.145. The molecule has 1 aromatic heterocycles. The van der Waals surface area contributed by atoms with E-state index in [0.29, 0.717) is 0 Å². The molecular weight excluding hydrogens is 519 g/mol. The zero-order chi connectivity index (χ0) is 25.5. The van der Waals surface area contributed by atoms with Gasteiger partial charge < -0.3 is 14.8 Å². The number of nitrogens with zero attached hydrogens (tertiary/aromatic N) is 2. The van der Waals surface area contributed by atoms with Crippen molar-refractivity contribution in [2.45, 2.75) is 13.8 Å². The normalized spacial score (nSPS) is 14.5. The smallest absolute Gasteiger partial charge is 0.341 e. The molecule has 1 fully saturated rings. The van der Waals surface area contributed by atoms with Gasteiger partial charge in [-0.3, -0.25) is 19.8 Å². The van der Waals surface area contributed by atoms with E-state index in [1.807, 2.05) is 0 Å². The van der Waals surface area contributed by atoms with Crippen molar-refractivity contribution in [2.75, 3.05) is 30.4 Å². The van der Waals surface area contributed by atoms with Crippen molar-refractivity contribution in [1.82, 2.24) is 9.88 Å². The number of nitrogens with one attached hydrogen (secondary N) is 2. The first kappa shape index (κ1) is 26.2. The number of para-hydroxylation sites is 1. The first-order valence-corrected chi connectivity index (χ1v) is 12.2. The third-order valence-corrected chi connectivity index (χ3v) is 6.46. The highest BCUT2D eigenvalue weighted by Crippen LogP contribution is 2.38. The third-order valence-electron chi connectivity index (χ3n) is 4.25. The minimum atomic E-state index is -0.822. The molecule has 1 saturated heterocycles. The van der Waals surface area contributed by atoms with Gasteiger partial charge in [0.05, 0.1) is 29.5 Å². The van der Waals surface area contributed by atoms with Crippen molar-refractivity contribution in [2.24, 2.45) is 0 Å². The Morgan fingerprint density at radius 3 is 2.54 bits per heavy atom. The fraction of sp³-hybridized carbons (Fsp3) is 0.238. The average Bonchev–Trinajstić information content (AvgIpc) is 3.36. The van der Waals surface area contributed by atoms with Crippen molar-refractivity contribution in [3.05, 3.63) is 46.1 Å². The lowest BCUT2D eigenvalue weighted by Crippen LogP contribution is -2.34. The molecular formula is C21H19FN4O6S3. The molecule has 0 atom stereocenters. The van der Waals surface area contributed by atoms with Crippen LogP contribution >= 0.6 is 35.3 Å². The number of anilines is 2. The van der Waals surface area contributed by atoms with E-state index in [2.05, 4.69) is 15.6 Å². The highest BCUT2D eigenvalue weighted by Gasteiger charge is 2.39. The van der Waals surface area contributed by atoms with Crippen molar-refractivity contribution < 1.29 is 33.0 Å². The number of hydrogen-bond donors (Lipinski definition) is 2. The summed E-state index contributed by atoms with van der Waals surface area (Å²) in [7, 11) is 0. The number of thiocarbonyl (C=S) groups is 1. The van der Waals surface area contributed by atoms with Crippen LogP contribution in [0.25, 0.3) is 5.57 Å². The zero-order valence-electron chi connectivity index (χ0n) is 18.5. The van der Waals surface area contributed by atoms with Crippen LogP contribution in [0, 0.1) is 5.82 Å². The van der Waals surface area contributed by atoms with E-state index < -0.39 is 36.2 Å². The van der Waals surface area contributed by atoms with Crippen LogP contribution in [0.4, 0.5) is 20.0 Å². The predicted molar refractivity (Wildman–Crippen MR) is 133 cm³/mol. The predicted octanol–water partition coefficient (Wildman–Crippen LogP) is 3.62. The number of carbonyl (C=O) groups is 4. The second-order valence-corrected chi connectivity index (χ2v) is 9.09. The van der Waals surface area contributed by atoms with Crippen LogP contribution in [0.2, 0.25) is 0 Å². The monoisotopic (exact) mass is 538 g/mol. The molecule has 35 heavy (non-hydrogen) atoms. The first-order chi connectivity index (χ1) is 16.7. The van der Waals surface area contributed by atoms with Crippen LogP contribution in [-0.4, -0.2) is 57.8 Å². The van der Waals surface area contributed by atoms with Gasteiger partial charge in [0.25, 0.3) is 5.91 Å². The Labute approximate surface area is 212 Å². The van der Waals surface area contributed by atoms with Gasteiger partial charge in [-0.2, -0.15) is 0 Å². The topological polar surface area (TPSA) is 127 Å². The van der Waals surface area contributed by atoms with Crippen LogP contribution in [0.1, 0.15) is 19.5 Å². The summed E-state index contributed by atoms with van der Waals surface area (Å²) in [6, 6.07) is 4.87. The molecule has 184 valence electrons. The molecule has 1 aliphatic rings. The summed E-state index contributed by atoms with van der Waals surface area (Å²) < 4.78 is 23.8. The zero-order valence-corrected chi connectivity index (χ0v) is 20.9. The fourth-order valence-electron chi connectivity index (χ4n) is 2.80. The summed E-state index contributed by atoms with van der Waals surface area (Å²) in [6.45, 7) is 2.99. The number of amides is 3. The van der Waals surface area contributed by atoms with Gasteiger partial charge in [0.2, 0.25) is 0 Å². The molecule has 0 spiro atoms. The number of ether oxygens (including phenoxy) is 2. The Hall–Kier alpha value is -3.36. The first-order valence-electron chi connectivity index (χ1n) is 10.1. The second-order valence-electron chi connectivity index (χ2n) is 6.59. The van der Waals surface area contributed by atoms with Crippen molar-refractivity contribution >= 4 is 79.9 Å². The number of rotatable bonds is 8. The van der Waals surface area contributed by atoms with Crippen molar-refractivity contribution in [1.29, 1.82) is 0 Å². The van der Waals surface area contributed by atoms with Gasteiger partial charge in [0.15, 0.2) is 5.13 Å². The molecule has 10 nitrogen and oxygen atoms in total. The van der Waals surface area contributed by atoms with Gasteiger partial charge >= 0.3 is 18.0 Å². The lowest BCUT2D eigenvalue weighted by atomic mass is 10.2. The van der Waals surface area contributed by atoms with E-state index in [1.165, 1.54) is 23.6 Å². The summed E-state index contributed by atoms with van der Waals surface area (Å²) >= 11 is 7.02. The van der Waals surface area contributed by atoms with Crippen LogP contribution in [0.15, 0.2) is 34.6 Å². The number of benzene rings is 1. The van der Waals surface area contributed by atoms with Crippen LogP contribution in [-0.2, 0) is 23.9 Å². The fourth-order valence-corrected chi connectivity index (χ4v) is 4.81. The summed E-state index contributed by atoms with van der Waals surface area (Å²) in [5, 5.41) is 6.33. The molecule has 0 unspecified atom stereocenters. The summed E-state index contributed by atoms with van der Waals surface area (Å²) in [6.07, 6.45) is 0. The van der Waals surface area contributed by atoms with E-state index >= 15 is 0 Å². The largest absolute Gasteiger partial charge is 0.465 e. The highest BCUT2D eigenvalue weighted by atomic mass is 32.2. The summed E-state index contributed by atoms with van der Waals surface area (Å²) in [4.78, 5) is 55.0. The number of hydrogen-bond acceptors (Lipinski definition) is 10. The van der Waals surface area contributed by atoms with Gasteiger partial charge in [0.1, 0.15) is 22.3 Å². The molecule has 1 aromatic carbocycles. The molecule has 3 rings (SSSR count). The van der Waals surface area contributed by atoms with E-state index in [9.17, 15) is 23.6 Å². The Bertz CT molecular complexity index is 1220. The van der Waals surface area contributed by atoms with E-state index in [0.717, 1.165) is 28.0 Å². The van der Waals surface area contributed by atoms with Gasteiger partial charge in [-0.1, -0.05) is 36.1 Å². The molecule has 0 aliphatic carbocycles. The Kier molecular flexibility index (Phi) is 8.89. The number of thioether (sulfide) groups is 1. The second kappa shape index (κ2) is 11.9. The van der Waals surface area contributed by atoms with Crippen molar-refractivity contribution in [3.63, 3.8) is 0 Å². The van der Waals surface area contributed by atoms with Crippen molar-refractivity contribution in [3.8, 4) is 0 Å². The molecule has 0 bridgehead atoms. The standard InChI is InChI=1S/C21H19FN4O6S3/c1-3-31-14(27)9-26-17(28)16(35-21(26)33)15(18(29)32-4-2)13-10-34-20(24-13)25-19(30)23-12-8-6-5-7-11(12)22/h5-8,10H,3-4,9H2,1-2H3,(H2,23,24,25,30). The molecule has 1 aliphatic heterocycles. The highest BCUT2D eigenvalue weighted by molar-refractivity contribution is 8.26. The number of carbonyl (C=O) groups excluding carboxylic acids is 4. The number of urea groups is 1. The van der Waals surface area contributed by atoms with Gasteiger partial charge in [-0.05, 0) is 26.0 Å². The molecule has 14 heteroatoms. The molecule has 0 saturated carbocycles. The number of aromatic nitrogens is 1. The Morgan fingerprint density at radius 2 is 1.86 bits per heavy atom. The van der Waals surface area contributed by atoms with Crippen LogP contribution < -0.4 is 10.6 Å². The Balaban J connectivity index is 1.85. The quantitative estimate of drug-likeness (QED) is 0.294. The number of thiazole rings is 1. The lowest BCUT2D eigenvalue weighted by Gasteiger charge is -2.13. The maximum absolute atomic E-state index is 13.8. The van der Waals surface area contributed by atoms with Gasteiger partial charge in [-0.15, -0.1) is 11.3 Å². The maximum Gasteiger partial charge on any atom is 0.341 e. The van der Waals surface area contributed by atoms with E-state index in [-0.39, 0.29) is 44.5 Å². The minimum absolute atomic E-state index is 0.0285. The summed E-state index contributed by atoms with van der Waals surface area (Å²) in [5.74, 6) is -2.76. The molecule has 2 N–H and O–H groups in total. The van der Waals surface area contributed by atoms with E-state index in [4.69, 9.17) is 21.7 Å². The average molecular weight is 539 g/mol. The molecule has 2 aromatic rings. The van der Waals surface area contributed by atoms with Gasteiger partial charge in [-0.25, -0.2) is 19.0 Å². The molecule has 2 heterocycles. The SMILES string of the molecule is CCOC(=O)CN1C(=O)C(=C(C(=O)OCC)c2csc(NC(=O)Nc3ccccc3F)n2)SC1=S. The number of halogens is 1. The number of esters is 2. The van der Waals surface area contributed by atoms with Crippen LogP contribution in [0.5, 0.6) is 0 Å². The molecule has 3 amide bonds. The molecule has 0 radical (unpaired) electrons. The summed E-state index contributed by atoms with van der Waals surface area (Å²) in [5.41, 5.74) is -0.125. The van der Waals surface area contributed by atoms with Crippen LogP contribution in [0.3, 0.4) is 0 Å².